The fourth-order valence-electron chi connectivity index (χ4n) is 1.13. The lowest BCUT2D eigenvalue weighted by atomic mass is 9.99. The number of benzene rings is 1. The summed E-state index contributed by atoms with van der Waals surface area (Å²) >= 11 is 0. The number of rotatable bonds is 2. The SMILES string of the molecule is CC(C)C(O)c1cc(F)c(F)c(F)c1. The van der Waals surface area contributed by atoms with Crippen LogP contribution < -0.4 is 0 Å². The third-order valence-electron chi connectivity index (χ3n) is 1.98. The van der Waals surface area contributed by atoms with E-state index >= 15 is 0 Å². The van der Waals surface area contributed by atoms with Crippen molar-refractivity contribution in [2.24, 2.45) is 5.92 Å². The Morgan fingerprint density at radius 3 is 1.86 bits per heavy atom. The Morgan fingerprint density at radius 2 is 1.50 bits per heavy atom. The van der Waals surface area contributed by atoms with Gasteiger partial charge in [-0.25, -0.2) is 13.2 Å². The zero-order valence-corrected chi connectivity index (χ0v) is 7.89. The zero-order valence-electron chi connectivity index (χ0n) is 7.89. The highest BCUT2D eigenvalue weighted by atomic mass is 19.2. The fourth-order valence-corrected chi connectivity index (χ4v) is 1.13. The number of hydrogen-bond donors (Lipinski definition) is 1. The molecule has 0 spiro atoms. The first-order chi connectivity index (χ1) is 6.43. The van der Waals surface area contributed by atoms with Gasteiger partial charge in [-0.2, -0.15) is 0 Å². The Bertz CT molecular complexity index is 313. The van der Waals surface area contributed by atoms with E-state index in [1.165, 1.54) is 0 Å². The number of aliphatic hydroxyl groups excluding tert-OH is 1. The second-order valence-electron chi connectivity index (χ2n) is 3.49. The van der Waals surface area contributed by atoms with Gasteiger partial charge in [-0.05, 0) is 23.6 Å². The van der Waals surface area contributed by atoms with Gasteiger partial charge in [0.2, 0.25) is 0 Å². The lowest BCUT2D eigenvalue weighted by Gasteiger charge is -2.14. The predicted octanol–water partition coefficient (Wildman–Crippen LogP) is 2.79. The largest absolute Gasteiger partial charge is 0.388 e. The predicted molar refractivity (Wildman–Crippen MR) is 46.1 cm³/mol. The Kier molecular flexibility index (Phi) is 3.16. The number of hydrogen-bond acceptors (Lipinski definition) is 1. The van der Waals surface area contributed by atoms with E-state index in [4.69, 9.17) is 0 Å². The van der Waals surface area contributed by atoms with E-state index in [0.29, 0.717) is 0 Å². The van der Waals surface area contributed by atoms with Gasteiger partial charge in [0.25, 0.3) is 0 Å². The van der Waals surface area contributed by atoms with Crippen molar-refractivity contribution < 1.29 is 18.3 Å². The average molecular weight is 204 g/mol. The molecule has 1 atom stereocenters. The summed E-state index contributed by atoms with van der Waals surface area (Å²) in [5, 5.41) is 9.48. The second-order valence-corrected chi connectivity index (χ2v) is 3.49. The molecular formula is C10H11F3O. The molecule has 0 radical (unpaired) electrons. The lowest BCUT2D eigenvalue weighted by molar-refractivity contribution is 0.126. The Balaban J connectivity index is 3.12. The van der Waals surface area contributed by atoms with E-state index in [1.54, 1.807) is 13.8 Å². The molecule has 1 aromatic carbocycles. The summed E-state index contributed by atoms with van der Waals surface area (Å²) in [7, 11) is 0. The van der Waals surface area contributed by atoms with E-state index in [1.807, 2.05) is 0 Å². The molecule has 1 nitrogen and oxygen atoms in total. The normalized spacial score (nSPS) is 13.4. The molecule has 0 amide bonds. The minimum Gasteiger partial charge on any atom is -0.388 e. The molecule has 78 valence electrons. The van der Waals surface area contributed by atoms with Gasteiger partial charge in [-0.1, -0.05) is 13.8 Å². The molecule has 0 heterocycles. The van der Waals surface area contributed by atoms with Crippen molar-refractivity contribution in [1.82, 2.24) is 0 Å². The van der Waals surface area contributed by atoms with Crippen LogP contribution in [0.25, 0.3) is 0 Å². The van der Waals surface area contributed by atoms with Crippen LogP contribution in [0.5, 0.6) is 0 Å². The van der Waals surface area contributed by atoms with Crippen LogP contribution in [-0.2, 0) is 0 Å². The van der Waals surface area contributed by atoms with Gasteiger partial charge in [0.15, 0.2) is 17.5 Å². The van der Waals surface area contributed by atoms with Gasteiger partial charge in [-0.3, -0.25) is 0 Å². The molecule has 0 saturated heterocycles. The first kappa shape index (κ1) is 11.0. The van der Waals surface area contributed by atoms with Crippen molar-refractivity contribution in [1.29, 1.82) is 0 Å². The quantitative estimate of drug-likeness (QED) is 0.734. The maximum absolute atomic E-state index is 12.7. The molecule has 1 rings (SSSR count). The number of aliphatic hydroxyl groups is 1. The van der Waals surface area contributed by atoms with Crippen molar-refractivity contribution in [3.05, 3.63) is 35.1 Å². The summed E-state index contributed by atoms with van der Waals surface area (Å²) in [5.74, 6) is -4.25. The molecule has 14 heavy (non-hydrogen) atoms. The first-order valence-electron chi connectivity index (χ1n) is 4.26. The molecule has 0 bridgehead atoms. The highest BCUT2D eigenvalue weighted by molar-refractivity contribution is 5.21. The van der Waals surface area contributed by atoms with Crippen LogP contribution in [0.2, 0.25) is 0 Å². The summed E-state index contributed by atoms with van der Waals surface area (Å²) in [5.41, 5.74) is 0.0522. The van der Waals surface area contributed by atoms with Gasteiger partial charge < -0.3 is 5.11 Å². The van der Waals surface area contributed by atoms with Gasteiger partial charge in [0.05, 0.1) is 6.10 Å². The van der Waals surface area contributed by atoms with Crippen LogP contribution in [-0.4, -0.2) is 5.11 Å². The molecule has 0 aromatic heterocycles. The molecule has 0 aliphatic heterocycles. The average Bonchev–Trinajstić information content (AvgIpc) is 2.12. The summed E-state index contributed by atoms with van der Waals surface area (Å²) in [6, 6.07) is 1.62. The van der Waals surface area contributed by atoms with Crippen molar-refractivity contribution in [2.75, 3.05) is 0 Å². The zero-order chi connectivity index (χ0) is 10.9. The second kappa shape index (κ2) is 4.00. The van der Waals surface area contributed by atoms with Gasteiger partial charge in [-0.15, -0.1) is 0 Å². The van der Waals surface area contributed by atoms with Gasteiger partial charge in [0, 0.05) is 0 Å². The standard InChI is InChI=1S/C10H11F3O/c1-5(2)10(14)6-3-7(11)9(13)8(12)4-6/h3-5,10,14H,1-2H3. The smallest absolute Gasteiger partial charge is 0.194 e. The maximum Gasteiger partial charge on any atom is 0.194 e. The van der Waals surface area contributed by atoms with Crippen molar-refractivity contribution in [3.63, 3.8) is 0 Å². The Morgan fingerprint density at radius 1 is 1.07 bits per heavy atom. The Hall–Kier alpha value is -1.03. The van der Waals surface area contributed by atoms with E-state index in [9.17, 15) is 18.3 Å². The van der Waals surface area contributed by atoms with Gasteiger partial charge >= 0.3 is 0 Å². The van der Waals surface area contributed by atoms with E-state index < -0.39 is 23.6 Å². The van der Waals surface area contributed by atoms with E-state index in [-0.39, 0.29) is 11.5 Å². The van der Waals surface area contributed by atoms with E-state index in [2.05, 4.69) is 0 Å². The maximum atomic E-state index is 12.7. The van der Waals surface area contributed by atoms with Crippen molar-refractivity contribution in [3.8, 4) is 0 Å². The summed E-state index contributed by atoms with van der Waals surface area (Å²) < 4.78 is 38.0. The molecule has 0 fully saturated rings. The molecule has 0 aliphatic carbocycles. The number of halogens is 3. The third-order valence-corrected chi connectivity index (χ3v) is 1.98. The van der Waals surface area contributed by atoms with Crippen LogP contribution in [0.4, 0.5) is 13.2 Å². The molecule has 0 aliphatic rings. The Labute approximate surface area is 80.2 Å². The van der Waals surface area contributed by atoms with Gasteiger partial charge in [0.1, 0.15) is 0 Å². The van der Waals surface area contributed by atoms with Crippen LogP contribution in [0.1, 0.15) is 25.5 Å². The van der Waals surface area contributed by atoms with Crippen LogP contribution in [0.3, 0.4) is 0 Å². The monoisotopic (exact) mass is 204 g/mol. The minimum atomic E-state index is -1.51. The third kappa shape index (κ3) is 2.07. The highest BCUT2D eigenvalue weighted by Gasteiger charge is 2.17. The lowest BCUT2D eigenvalue weighted by Crippen LogP contribution is -2.07. The minimum absolute atomic E-state index is 0.0522. The molecule has 1 aromatic rings. The molecule has 1 N–H and O–H groups in total. The molecule has 4 heteroatoms. The van der Waals surface area contributed by atoms with Crippen LogP contribution in [0.15, 0.2) is 12.1 Å². The topological polar surface area (TPSA) is 20.2 Å². The van der Waals surface area contributed by atoms with Crippen LogP contribution in [0, 0.1) is 23.4 Å². The van der Waals surface area contributed by atoms with Crippen molar-refractivity contribution in [2.45, 2.75) is 20.0 Å². The van der Waals surface area contributed by atoms with E-state index in [0.717, 1.165) is 12.1 Å². The highest BCUT2D eigenvalue weighted by Crippen LogP contribution is 2.24. The summed E-state index contributed by atoms with van der Waals surface area (Å²) in [6.07, 6.45) is -0.986. The van der Waals surface area contributed by atoms with Crippen molar-refractivity contribution >= 4 is 0 Å². The first-order valence-corrected chi connectivity index (χ1v) is 4.26. The molecule has 0 saturated carbocycles. The molecular weight excluding hydrogens is 193 g/mol. The molecule has 1 unspecified atom stereocenters. The fraction of sp³-hybridized carbons (Fsp3) is 0.400. The van der Waals surface area contributed by atoms with Crippen LogP contribution >= 0.6 is 0 Å². The summed E-state index contributed by atoms with van der Waals surface area (Å²) in [4.78, 5) is 0. The summed E-state index contributed by atoms with van der Waals surface area (Å²) in [6.45, 7) is 3.40.